The lowest BCUT2D eigenvalue weighted by atomic mass is 10.1. The number of amides is 1. The average molecular weight is 368 g/mol. The lowest BCUT2D eigenvalue weighted by Gasteiger charge is -2.14. The number of hydrogen-bond acceptors (Lipinski definition) is 4. The predicted molar refractivity (Wildman–Crippen MR) is 88.3 cm³/mol. The maximum absolute atomic E-state index is 13.0. The van der Waals surface area contributed by atoms with Crippen LogP contribution in [0.4, 0.5) is 24.5 Å². The summed E-state index contributed by atoms with van der Waals surface area (Å²) in [5, 5.41) is 13.1. The van der Waals surface area contributed by atoms with Crippen LogP contribution in [0.2, 0.25) is 0 Å². The Balaban J connectivity index is 2.35. The molecule has 2 rings (SSSR count). The van der Waals surface area contributed by atoms with E-state index in [4.69, 9.17) is 4.74 Å². The topological polar surface area (TPSA) is 81.5 Å². The number of halogens is 3. The van der Waals surface area contributed by atoms with Crippen molar-refractivity contribution >= 4 is 17.3 Å². The molecule has 26 heavy (non-hydrogen) atoms. The highest BCUT2D eigenvalue weighted by Gasteiger charge is 2.38. The molecule has 2 aromatic rings. The standard InChI is InChI=1S/C17H15F3N2O4/c1-10(2)26-15-6-4-3-5-12(15)16(23)21-11-7-8-14(22(24)25)13(9-11)17(18,19)20/h3-10H,1-2H3,(H,21,23). The van der Waals surface area contributed by atoms with Crippen LogP contribution in [0.3, 0.4) is 0 Å². The number of carbonyl (C=O) groups excluding carboxylic acids is 1. The van der Waals surface area contributed by atoms with Gasteiger partial charge in [-0.25, -0.2) is 0 Å². The number of nitro benzene ring substituents is 1. The van der Waals surface area contributed by atoms with Crippen molar-refractivity contribution in [2.75, 3.05) is 5.32 Å². The van der Waals surface area contributed by atoms with Crippen LogP contribution in [0.15, 0.2) is 42.5 Å². The van der Waals surface area contributed by atoms with Crippen molar-refractivity contribution in [3.63, 3.8) is 0 Å². The van der Waals surface area contributed by atoms with E-state index in [-0.39, 0.29) is 23.1 Å². The largest absolute Gasteiger partial charge is 0.490 e. The summed E-state index contributed by atoms with van der Waals surface area (Å²) in [4.78, 5) is 22.0. The first kappa shape index (κ1) is 19.2. The molecule has 0 saturated carbocycles. The monoisotopic (exact) mass is 368 g/mol. The van der Waals surface area contributed by atoms with E-state index < -0.39 is 28.3 Å². The Bertz CT molecular complexity index is 835. The van der Waals surface area contributed by atoms with E-state index in [0.29, 0.717) is 12.1 Å². The quantitative estimate of drug-likeness (QED) is 0.615. The normalized spacial score (nSPS) is 11.3. The fraction of sp³-hybridized carbons (Fsp3) is 0.235. The Labute approximate surface area is 146 Å². The third-order valence-electron chi connectivity index (χ3n) is 3.25. The van der Waals surface area contributed by atoms with Gasteiger partial charge in [0.15, 0.2) is 0 Å². The molecule has 0 aromatic heterocycles. The van der Waals surface area contributed by atoms with E-state index in [1.807, 2.05) is 0 Å². The summed E-state index contributed by atoms with van der Waals surface area (Å²) in [5.74, 6) is -0.416. The highest BCUT2D eigenvalue weighted by Crippen LogP contribution is 2.37. The predicted octanol–water partition coefficient (Wildman–Crippen LogP) is 4.65. The van der Waals surface area contributed by atoms with Gasteiger partial charge in [0.05, 0.1) is 16.6 Å². The summed E-state index contributed by atoms with van der Waals surface area (Å²) >= 11 is 0. The van der Waals surface area contributed by atoms with Crippen LogP contribution in [0.5, 0.6) is 5.75 Å². The summed E-state index contributed by atoms with van der Waals surface area (Å²) in [6.07, 6.45) is -5.14. The second-order valence-electron chi connectivity index (χ2n) is 5.60. The Hall–Kier alpha value is -3.10. The van der Waals surface area contributed by atoms with Crippen LogP contribution >= 0.6 is 0 Å². The molecule has 1 N–H and O–H groups in total. The smallest absolute Gasteiger partial charge is 0.423 e. The van der Waals surface area contributed by atoms with E-state index in [2.05, 4.69) is 5.32 Å². The molecule has 6 nitrogen and oxygen atoms in total. The highest BCUT2D eigenvalue weighted by atomic mass is 19.4. The van der Waals surface area contributed by atoms with E-state index >= 15 is 0 Å². The van der Waals surface area contributed by atoms with Gasteiger partial charge in [-0.1, -0.05) is 12.1 Å². The second-order valence-corrected chi connectivity index (χ2v) is 5.60. The SMILES string of the molecule is CC(C)Oc1ccccc1C(=O)Nc1ccc([N+](=O)[O-])c(C(F)(F)F)c1. The van der Waals surface area contributed by atoms with Gasteiger partial charge in [-0.15, -0.1) is 0 Å². The first-order valence-corrected chi connectivity index (χ1v) is 7.52. The lowest BCUT2D eigenvalue weighted by molar-refractivity contribution is -0.388. The number of nitrogens with zero attached hydrogens (tertiary/aromatic N) is 1. The average Bonchev–Trinajstić information content (AvgIpc) is 2.53. The number of carbonyl (C=O) groups is 1. The van der Waals surface area contributed by atoms with Crippen LogP contribution < -0.4 is 10.1 Å². The minimum absolute atomic E-state index is 0.133. The molecular weight excluding hydrogens is 353 g/mol. The number of nitrogens with one attached hydrogen (secondary N) is 1. The molecule has 1 amide bonds. The van der Waals surface area contributed by atoms with Crippen molar-refractivity contribution in [1.29, 1.82) is 0 Å². The fourth-order valence-electron chi connectivity index (χ4n) is 2.21. The molecule has 0 aliphatic rings. The lowest BCUT2D eigenvalue weighted by Crippen LogP contribution is -2.16. The first-order valence-electron chi connectivity index (χ1n) is 7.52. The third-order valence-corrected chi connectivity index (χ3v) is 3.25. The van der Waals surface area contributed by atoms with Crippen molar-refractivity contribution in [1.82, 2.24) is 0 Å². The fourth-order valence-corrected chi connectivity index (χ4v) is 2.21. The van der Waals surface area contributed by atoms with Gasteiger partial charge in [0.1, 0.15) is 11.3 Å². The van der Waals surface area contributed by atoms with Gasteiger partial charge in [0.2, 0.25) is 0 Å². The van der Waals surface area contributed by atoms with Gasteiger partial charge in [0, 0.05) is 11.8 Å². The van der Waals surface area contributed by atoms with Crippen molar-refractivity contribution < 1.29 is 27.6 Å². The molecule has 9 heteroatoms. The number of anilines is 1. The van der Waals surface area contributed by atoms with Crippen LogP contribution in [0.1, 0.15) is 29.8 Å². The summed E-state index contributed by atoms with van der Waals surface area (Å²) < 4.78 is 44.6. The Kier molecular flexibility index (Phi) is 5.49. The van der Waals surface area contributed by atoms with Crippen LogP contribution in [-0.2, 0) is 6.18 Å². The minimum Gasteiger partial charge on any atom is -0.490 e. The number of para-hydroxylation sites is 1. The molecular formula is C17H15F3N2O4. The van der Waals surface area contributed by atoms with Crippen molar-refractivity contribution in [2.45, 2.75) is 26.1 Å². The molecule has 0 bridgehead atoms. The summed E-state index contributed by atoms with van der Waals surface area (Å²) in [7, 11) is 0. The zero-order valence-corrected chi connectivity index (χ0v) is 13.8. The van der Waals surface area contributed by atoms with Gasteiger partial charge in [0.25, 0.3) is 11.6 Å². The van der Waals surface area contributed by atoms with Crippen LogP contribution in [0.25, 0.3) is 0 Å². The third kappa shape index (κ3) is 4.50. The molecule has 2 aromatic carbocycles. The molecule has 0 aliphatic carbocycles. The molecule has 0 heterocycles. The Morgan fingerprint density at radius 3 is 2.42 bits per heavy atom. The highest BCUT2D eigenvalue weighted by molar-refractivity contribution is 6.06. The number of alkyl halides is 3. The van der Waals surface area contributed by atoms with Gasteiger partial charge >= 0.3 is 6.18 Å². The van der Waals surface area contributed by atoms with E-state index in [0.717, 1.165) is 6.07 Å². The molecule has 0 fully saturated rings. The van der Waals surface area contributed by atoms with Crippen molar-refractivity contribution in [3.8, 4) is 5.75 Å². The maximum atomic E-state index is 13.0. The van der Waals surface area contributed by atoms with Crippen LogP contribution in [0, 0.1) is 10.1 Å². The first-order chi connectivity index (χ1) is 12.1. The molecule has 0 aliphatic heterocycles. The Morgan fingerprint density at radius 2 is 1.85 bits per heavy atom. The van der Waals surface area contributed by atoms with Gasteiger partial charge in [-0.2, -0.15) is 13.2 Å². The van der Waals surface area contributed by atoms with Gasteiger partial charge in [-0.3, -0.25) is 14.9 Å². The Morgan fingerprint density at radius 1 is 1.19 bits per heavy atom. The molecule has 0 atom stereocenters. The molecule has 0 spiro atoms. The summed E-state index contributed by atoms with van der Waals surface area (Å²) in [5.41, 5.74) is -2.61. The van der Waals surface area contributed by atoms with Crippen LogP contribution in [-0.4, -0.2) is 16.9 Å². The molecule has 0 radical (unpaired) electrons. The maximum Gasteiger partial charge on any atom is 0.423 e. The van der Waals surface area contributed by atoms with E-state index in [1.165, 1.54) is 6.07 Å². The van der Waals surface area contributed by atoms with Gasteiger partial charge < -0.3 is 10.1 Å². The number of benzene rings is 2. The second kappa shape index (κ2) is 7.42. The number of ether oxygens (including phenoxy) is 1. The number of rotatable bonds is 5. The molecule has 0 unspecified atom stereocenters. The summed E-state index contributed by atoms with van der Waals surface area (Å²) in [6.45, 7) is 3.53. The molecule has 0 saturated heterocycles. The molecule has 138 valence electrons. The zero-order chi connectivity index (χ0) is 19.5. The summed E-state index contributed by atoms with van der Waals surface area (Å²) in [6, 6.07) is 8.53. The number of nitro groups is 1. The minimum atomic E-state index is -4.93. The zero-order valence-electron chi connectivity index (χ0n) is 13.8. The number of hydrogen-bond donors (Lipinski definition) is 1. The van der Waals surface area contributed by atoms with E-state index in [9.17, 15) is 28.1 Å². The van der Waals surface area contributed by atoms with Crippen molar-refractivity contribution in [3.05, 3.63) is 63.7 Å². The van der Waals surface area contributed by atoms with Crippen molar-refractivity contribution in [2.24, 2.45) is 0 Å². The van der Waals surface area contributed by atoms with E-state index in [1.54, 1.807) is 32.0 Å². The van der Waals surface area contributed by atoms with Gasteiger partial charge in [-0.05, 0) is 38.1 Å².